The molecule has 1 aromatic carbocycles. The Morgan fingerprint density at radius 1 is 1.33 bits per heavy atom. The molecule has 0 amide bonds. The smallest absolute Gasteiger partial charge is 0.229 e. The van der Waals surface area contributed by atoms with E-state index in [0.29, 0.717) is 12.2 Å². The number of hydrogen-bond acceptors (Lipinski definition) is 3. The molecule has 0 saturated carbocycles. The van der Waals surface area contributed by atoms with Crippen LogP contribution in [0.25, 0.3) is 0 Å². The van der Waals surface area contributed by atoms with Crippen LogP contribution in [0.1, 0.15) is 5.56 Å². The lowest BCUT2D eigenvalue weighted by atomic mass is 10.2. The predicted octanol–water partition coefficient (Wildman–Crippen LogP) is 1.44. The minimum atomic E-state index is -3.30. The maximum Gasteiger partial charge on any atom is 0.229 e. The van der Waals surface area contributed by atoms with E-state index < -0.39 is 10.0 Å². The molecule has 0 unspecified atom stereocenters. The first-order valence-corrected chi connectivity index (χ1v) is 7.06. The molecule has 0 aliphatic rings. The van der Waals surface area contributed by atoms with Gasteiger partial charge in [0.05, 0.1) is 24.7 Å². The minimum absolute atomic E-state index is 0.293. The third-order valence-corrected chi connectivity index (χ3v) is 2.80. The lowest BCUT2D eigenvalue weighted by Gasteiger charge is -2.01. The van der Waals surface area contributed by atoms with Crippen LogP contribution in [0.15, 0.2) is 36.7 Å². The van der Waals surface area contributed by atoms with Crippen LogP contribution in [0.4, 0.5) is 10.1 Å². The van der Waals surface area contributed by atoms with Crippen molar-refractivity contribution in [3.63, 3.8) is 0 Å². The van der Waals surface area contributed by atoms with Gasteiger partial charge >= 0.3 is 0 Å². The first-order valence-electron chi connectivity index (χ1n) is 5.17. The van der Waals surface area contributed by atoms with Crippen molar-refractivity contribution in [2.45, 2.75) is 6.54 Å². The van der Waals surface area contributed by atoms with Gasteiger partial charge < -0.3 is 0 Å². The molecule has 1 aromatic heterocycles. The van der Waals surface area contributed by atoms with E-state index in [-0.39, 0.29) is 5.82 Å². The van der Waals surface area contributed by atoms with Gasteiger partial charge in [0, 0.05) is 6.20 Å². The highest BCUT2D eigenvalue weighted by atomic mass is 32.2. The van der Waals surface area contributed by atoms with Crippen LogP contribution in [0.3, 0.4) is 0 Å². The summed E-state index contributed by atoms with van der Waals surface area (Å²) < 4.78 is 38.6. The Labute approximate surface area is 104 Å². The van der Waals surface area contributed by atoms with E-state index in [1.54, 1.807) is 23.0 Å². The van der Waals surface area contributed by atoms with Gasteiger partial charge in [0.15, 0.2) is 0 Å². The zero-order chi connectivity index (χ0) is 13.2. The van der Waals surface area contributed by atoms with Gasteiger partial charge in [-0.2, -0.15) is 5.10 Å². The van der Waals surface area contributed by atoms with Crippen molar-refractivity contribution in [3.8, 4) is 0 Å². The van der Waals surface area contributed by atoms with Crippen LogP contribution in [0.2, 0.25) is 0 Å². The summed E-state index contributed by atoms with van der Waals surface area (Å²) >= 11 is 0. The summed E-state index contributed by atoms with van der Waals surface area (Å²) in [7, 11) is -3.30. The van der Waals surface area contributed by atoms with E-state index in [9.17, 15) is 12.8 Å². The Morgan fingerprint density at radius 2 is 2.00 bits per heavy atom. The number of sulfonamides is 1. The fourth-order valence-corrected chi connectivity index (χ4v) is 2.03. The van der Waals surface area contributed by atoms with E-state index in [4.69, 9.17) is 0 Å². The van der Waals surface area contributed by atoms with Gasteiger partial charge in [-0.1, -0.05) is 12.1 Å². The molecule has 0 aliphatic carbocycles. The van der Waals surface area contributed by atoms with E-state index >= 15 is 0 Å². The number of aromatic nitrogens is 2. The number of anilines is 1. The molecule has 2 rings (SSSR count). The first-order chi connectivity index (χ1) is 8.42. The topological polar surface area (TPSA) is 64.0 Å². The van der Waals surface area contributed by atoms with Gasteiger partial charge in [0.2, 0.25) is 10.0 Å². The summed E-state index contributed by atoms with van der Waals surface area (Å²) in [6, 6.07) is 6.05. The van der Waals surface area contributed by atoms with Crippen LogP contribution < -0.4 is 4.72 Å². The lowest BCUT2D eigenvalue weighted by molar-refractivity contribution is 0.606. The van der Waals surface area contributed by atoms with Crippen LogP contribution in [-0.2, 0) is 16.6 Å². The summed E-state index contributed by atoms with van der Waals surface area (Å²) in [6.07, 6.45) is 4.07. The van der Waals surface area contributed by atoms with Crippen molar-refractivity contribution in [3.05, 3.63) is 48.0 Å². The van der Waals surface area contributed by atoms with Gasteiger partial charge in [0.1, 0.15) is 5.82 Å². The monoisotopic (exact) mass is 269 g/mol. The molecule has 1 N–H and O–H groups in total. The van der Waals surface area contributed by atoms with Crippen molar-refractivity contribution in [2.24, 2.45) is 0 Å². The average Bonchev–Trinajstić information content (AvgIpc) is 2.66. The second-order valence-corrected chi connectivity index (χ2v) is 5.68. The van der Waals surface area contributed by atoms with E-state index in [2.05, 4.69) is 9.82 Å². The molecule has 0 atom stereocenters. The molecule has 5 nitrogen and oxygen atoms in total. The highest BCUT2D eigenvalue weighted by Gasteiger charge is 2.04. The zero-order valence-corrected chi connectivity index (χ0v) is 10.5. The van der Waals surface area contributed by atoms with Gasteiger partial charge in [-0.05, 0) is 17.7 Å². The zero-order valence-electron chi connectivity index (χ0n) is 9.67. The molecule has 0 spiro atoms. The number of halogens is 1. The van der Waals surface area contributed by atoms with Gasteiger partial charge in [0.25, 0.3) is 0 Å². The number of nitrogens with one attached hydrogen (secondary N) is 1. The van der Waals surface area contributed by atoms with E-state index in [0.717, 1.165) is 11.8 Å². The molecule has 0 bridgehead atoms. The lowest BCUT2D eigenvalue weighted by Crippen LogP contribution is -2.08. The molecule has 0 aliphatic heterocycles. The molecule has 18 heavy (non-hydrogen) atoms. The summed E-state index contributed by atoms with van der Waals surface area (Å²) in [5.41, 5.74) is 1.28. The third-order valence-electron chi connectivity index (χ3n) is 2.19. The van der Waals surface area contributed by atoms with E-state index in [1.165, 1.54) is 18.3 Å². The maximum absolute atomic E-state index is 12.7. The molecule has 2 aromatic rings. The maximum atomic E-state index is 12.7. The van der Waals surface area contributed by atoms with Crippen molar-refractivity contribution in [1.82, 2.24) is 9.78 Å². The Balaban J connectivity index is 2.09. The van der Waals surface area contributed by atoms with Gasteiger partial charge in [-0.15, -0.1) is 0 Å². The standard InChI is InChI=1S/C11H12FN3O2S/c1-18(16,17)14-11-6-13-15(8-11)7-9-2-4-10(12)5-3-9/h2-6,8,14H,7H2,1H3. The predicted molar refractivity (Wildman–Crippen MR) is 66.2 cm³/mol. The SMILES string of the molecule is CS(=O)(=O)Nc1cnn(Cc2ccc(F)cc2)c1. The Bertz CT molecular complexity index is 635. The molecule has 96 valence electrons. The Kier molecular flexibility index (Phi) is 3.33. The minimum Gasteiger partial charge on any atom is -0.281 e. The molecular weight excluding hydrogens is 257 g/mol. The number of benzene rings is 1. The number of hydrogen-bond donors (Lipinski definition) is 1. The van der Waals surface area contributed by atoms with Crippen LogP contribution in [0, 0.1) is 5.82 Å². The van der Waals surface area contributed by atoms with Crippen molar-refractivity contribution >= 4 is 15.7 Å². The van der Waals surface area contributed by atoms with Crippen LogP contribution in [-0.4, -0.2) is 24.5 Å². The third kappa shape index (κ3) is 3.56. The molecule has 1 heterocycles. The molecule has 0 saturated heterocycles. The number of nitrogens with zero attached hydrogens (tertiary/aromatic N) is 2. The fraction of sp³-hybridized carbons (Fsp3) is 0.182. The fourth-order valence-electron chi connectivity index (χ4n) is 1.49. The summed E-state index contributed by atoms with van der Waals surface area (Å²) in [6.45, 7) is 0.450. The summed E-state index contributed by atoms with van der Waals surface area (Å²) in [4.78, 5) is 0. The normalized spacial score (nSPS) is 11.4. The average molecular weight is 269 g/mol. The second kappa shape index (κ2) is 4.77. The Hall–Kier alpha value is -1.89. The highest BCUT2D eigenvalue weighted by Crippen LogP contribution is 2.09. The largest absolute Gasteiger partial charge is 0.281 e. The number of rotatable bonds is 4. The van der Waals surface area contributed by atoms with Gasteiger partial charge in [-0.3, -0.25) is 9.40 Å². The van der Waals surface area contributed by atoms with Crippen molar-refractivity contribution in [2.75, 3.05) is 11.0 Å². The quantitative estimate of drug-likeness (QED) is 0.913. The van der Waals surface area contributed by atoms with Crippen molar-refractivity contribution in [1.29, 1.82) is 0 Å². The summed E-state index contributed by atoms with van der Waals surface area (Å²) in [5, 5.41) is 4.01. The van der Waals surface area contributed by atoms with Crippen LogP contribution >= 0.6 is 0 Å². The van der Waals surface area contributed by atoms with Crippen molar-refractivity contribution < 1.29 is 12.8 Å². The second-order valence-electron chi connectivity index (χ2n) is 3.93. The van der Waals surface area contributed by atoms with Gasteiger partial charge in [-0.25, -0.2) is 12.8 Å². The molecular formula is C11H12FN3O2S. The molecule has 0 fully saturated rings. The first kappa shape index (κ1) is 12.6. The molecule has 7 heteroatoms. The van der Waals surface area contributed by atoms with Crippen LogP contribution in [0.5, 0.6) is 0 Å². The molecule has 0 radical (unpaired) electrons. The van der Waals surface area contributed by atoms with E-state index in [1.807, 2.05) is 0 Å². The Morgan fingerprint density at radius 3 is 2.61 bits per heavy atom. The summed E-state index contributed by atoms with van der Waals surface area (Å²) in [5.74, 6) is -0.293. The highest BCUT2D eigenvalue weighted by molar-refractivity contribution is 7.92.